The molecule has 1 atom stereocenters. The molecule has 18 heavy (non-hydrogen) atoms. The zero-order valence-corrected chi connectivity index (χ0v) is 10.7. The normalized spacial score (nSPS) is 18.5. The van der Waals surface area contributed by atoms with E-state index in [9.17, 15) is 5.11 Å². The minimum absolute atomic E-state index is 0.369. The van der Waals surface area contributed by atoms with E-state index in [1.54, 1.807) is 6.07 Å². The van der Waals surface area contributed by atoms with Crippen LogP contribution in [-0.4, -0.2) is 47.3 Å². The summed E-state index contributed by atoms with van der Waals surface area (Å²) in [6.07, 6.45) is 3.44. The molecule has 1 fully saturated rings. The lowest BCUT2D eigenvalue weighted by atomic mass is 10.1. The smallest absolute Gasteiger partial charge is 0.128 e. The van der Waals surface area contributed by atoms with Gasteiger partial charge in [-0.1, -0.05) is 12.5 Å². The maximum Gasteiger partial charge on any atom is 0.128 e. The van der Waals surface area contributed by atoms with Gasteiger partial charge in [0.15, 0.2) is 0 Å². The highest BCUT2D eigenvalue weighted by molar-refractivity contribution is 5.42. The lowest BCUT2D eigenvalue weighted by Gasteiger charge is -2.28. The Morgan fingerprint density at radius 3 is 2.83 bits per heavy atom. The second-order valence-corrected chi connectivity index (χ2v) is 4.84. The average molecular weight is 250 g/mol. The molecule has 0 amide bonds. The number of nitrogens with two attached hydrogens (primary N) is 1. The molecule has 4 N–H and O–H groups in total. The van der Waals surface area contributed by atoms with Crippen molar-refractivity contribution < 1.29 is 5.11 Å². The first kappa shape index (κ1) is 13.1. The number of piperidine rings is 1. The van der Waals surface area contributed by atoms with E-state index >= 15 is 0 Å². The van der Waals surface area contributed by atoms with Gasteiger partial charge in [-0.25, -0.2) is 4.98 Å². The standard InChI is InChI=1S/C13H22N4O/c14-12-5-4-6-13(16-12)15-9-11(18)10-17-7-2-1-3-8-17/h4-6,11,18H,1-3,7-10H2,(H3,14,15,16). The van der Waals surface area contributed by atoms with E-state index in [1.165, 1.54) is 19.3 Å². The Kier molecular flexibility index (Phi) is 4.78. The van der Waals surface area contributed by atoms with E-state index in [-0.39, 0.29) is 6.10 Å². The zero-order valence-electron chi connectivity index (χ0n) is 10.7. The molecule has 1 unspecified atom stereocenters. The number of likely N-dealkylation sites (tertiary alicyclic amines) is 1. The molecule has 0 aromatic carbocycles. The summed E-state index contributed by atoms with van der Waals surface area (Å²) in [7, 11) is 0. The molecule has 0 spiro atoms. The second kappa shape index (κ2) is 6.56. The molecule has 0 aliphatic carbocycles. The Hall–Kier alpha value is -1.33. The molecule has 2 rings (SSSR count). The summed E-state index contributed by atoms with van der Waals surface area (Å²) in [5, 5.41) is 13.1. The number of β-amino-alcohol motifs (C(OH)–C–C–N with tert-alkyl or cyclic N) is 1. The SMILES string of the molecule is Nc1cccc(NCC(O)CN2CCCCC2)n1. The average Bonchev–Trinajstić information content (AvgIpc) is 2.38. The van der Waals surface area contributed by atoms with E-state index < -0.39 is 0 Å². The van der Waals surface area contributed by atoms with Gasteiger partial charge in [0, 0.05) is 13.1 Å². The van der Waals surface area contributed by atoms with Crippen molar-refractivity contribution in [2.75, 3.05) is 37.2 Å². The van der Waals surface area contributed by atoms with Crippen molar-refractivity contribution in [2.45, 2.75) is 25.4 Å². The number of hydrogen-bond acceptors (Lipinski definition) is 5. The third-order valence-corrected chi connectivity index (χ3v) is 3.21. The van der Waals surface area contributed by atoms with E-state index in [2.05, 4.69) is 15.2 Å². The molecule has 1 aromatic heterocycles. The van der Waals surface area contributed by atoms with E-state index in [1.807, 2.05) is 12.1 Å². The second-order valence-electron chi connectivity index (χ2n) is 4.84. The van der Waals surface area contributed by atoms with Gasteiger partial charge in [0.1, 0.15) is 11.6 Å². The maximum absolute atomic E-state index is 9.97. The maximum atomic E-state index is 9.97. The fourth-order valence-corrected chi connectivity index (χ4v) is 2.28. The Balaban J connectivity index is 1.72. The van der Waals surface area contributed by atoms with Crippen molar-refractivity contribution in [3.63, 3.8) is 0 Å². The van der Waals surface area contributed by atoms with Crippen LogP contribution in [0.1, 0.15) is 19.3 Å². The topological polar surface area (TPSA) is 74.4 Å². The first-order valence-electron chi connectivity index (χ1n) is 6.61. The summed E-state index contributed by atoms with van der Waals surface area (Å²) >= 11 is 0. The molecule has 0 radical (unpaired) electrons. The van der Waals surface area contributed by atoms with Crippen LogP contribution in [0, 0.1) is 0 Å². The monoisotopic (exact) mass is 250 g/mol. The number of aromatic nitrogens is 1. The highest BCUT2D eigenvalue weighted by atomic mass is 16.3. The number of rotatable bonds is 5. The third-order valence-electron chi connectivity index (χ3n) is 3.21. The number of aliphatic hydroxyl groups is 1. The van der Waals surface area contributed by atoms with Gasteiger partial charge in [-0.05, 0) is 38.1 Å². The highest BCUT2D eigenvalue weighted by Crippen LogP contribution is 2.09. The fraction of sp³-hybridized carbons (Fsp3) is 0.615. The Morgan fingerprint density at radius 1 is 1.33 bits per heavy atom. The quantitative estimate of drug-likeness (QED) is 0.724. The van der Waals surface area contributed by atoms with Crippen molar-refractivity contribution in [1.82, 2.24) is 9.88 Å². The van der Waals surface area contributed by atoms with Gasteiger partial charge in [-0.3, -0.25) is 0 Å². The summed E-state index contributed by atoms with van der Waals surface area (Å²) in [5.74, 6) is 1.21. The predicted molar refractivity (Wildman–Crippen MR) is 73.4 cm³/mol. The van der Waals surface area contributed by atoms with Crippen LogP contribution in [0.25, 0.3) is 0 Å². The molecule has 2 heterocycles. The molecule has 1 saturated heterocycles. The summed E-state index contributed by atoms with van der Waals surface area (Å²) in [6, 6.07) is 5.45. The van der Waals surface area contributed by atoms with Crippen LogP contribution < -0.4 is 11.1 Å². The predicted octanol–water partition coefficient (Wildman–Crippen LogP) is 0.922. The minimum Gasteiger partial charge on any atom is -0.390 e. The van der Waals surface area contributed by atoms with Crippen molar-refractivity contribution in [1.29, 1.82) is 0 Å². The van der Waals surface area contributed by atoms with Crippen molar-refractivity contribution in [3.05, 3.63) is 18.2 Å². The number of anilines is 2. The van der Waals surface area contributed by atoms with Crippen LogP contribution in [0.5, 0.6) is 0 Å². The zero-order chi connectivity index (χ0) is 12.8. The van der Waals surface area contributed by atoms with Crippen LogP contribution in [0.15, 0.2) is 18.2 Å². The van der Waals surface area contributed by atoms with Gasteiger partial charge in [0.05, 0.1) is 6.10 Å². The molecule has 0 bridgehead atoms. The molecule has 5 nitrogen and oxygen atoms in total. The number of nitrogens with one attached hydrogen (secondary N) is 1. The third kappa shape index (κ3) is 4.16. The molecule has 5 heteroatoms. The summed E-state index contributed by atoms with van der Waals surface area (Å²) in [4.78, 5) is 6.46. The summed E-state index contributed by atoms with van der Waals surface area (Å²) in [6.45, 7) is 3.45. The van der Waals surface area contributed by atoms with Crippen LogP contribution in [0.4, 0.5) is 11.6 Å². The lowest BCUT2D eigenvalue weighted by molar-refractivity contribution is 0.109. The van der Waals surface area contributed by atoms with Gasteiger partial charge in [0.2, 0.25) is 0 Å². The van der Waals surface area contributed by atoms with Gasteiger partial charge < -0.3 is 21.1 Å². The first-order chi connectivity index (χ1) is 8.74. The Morgan fingerprint density at radius 2 is 2.11 bits per heavy atom. The van der Waals surface area contributed by atoms with Crippen LogP contribution in [0.2, 0.25) is 0 Å². The van der Waals surface area contributed by atoms with Gasteiger partial charge in [-0.15, -0.1) is 0 Å². The van der Waals surface area contributed by atoms with Gasteiger partial charge in [-0.2, -0.15) is 0 Å². The van der Waals surface area contributed by atoms with Gasteiger partial charge in [0.25, 0.3) is 0 Å². The van der Waals surface area contributed by atoms with Crippen LogP contribution >= 0.6 is 0 Å². The number of aliphatic hydroxyl groups excluding tert-OH is 1. The number of nitrogen functional groups attached to an aromatic ring is 1. The van der Waals surface area contributed by atoms with Gasteiger partial charge >= 0.3 is 0 Å². The van der Waals surface area contributed by atoms with Crippen LogP contribution in [-0.2, 0) is 0 Å². The lowest BCUT2D eigenvalue weighted by Crippen LogP contribution is -2.39. The van der Waals surface area contributed by atoms with Crippen molar-refractivity contribution >= 4 is 11.6 Å². The van der Waals surface area contributed by atoms with E-state index in [0.29, 0.717) is 18.2 Å². The number of hydrogen-bond donors (Lipinski definition) is 3. The minimum atomic E-state index is -0.369. The van der Waals surface area contributed by atoms with E-state index in [0.717, 1.165) is 19.6 Å². The highest BCUT2D eigenvalue weighted by Gasteiger charge is 2.14. The molecular weight excluding hydrogens is 228 g/mol. The fourth-order valence-electron chi connectivity index (χ4n) is 2.28. The Bertz CT molecular complexity index is 366. The molecule has 0 saturated carbocycles. The first-order valence-corrected chi connectivity index (χ1v) is 6.61. The number of pyridine rings is 1. The molecular formula is C13H22N4O. The Labute approximate surface area is 108 Å². The number of nitrogens with zero attached hydrogens (tertiary/aromatic N) is 2. The molecule has 100 valence electrons. The van der Waals surface area contributed by atoms with Crippen LogP contribution in [0.3, 0.4) is 0 Å². The molecule has 1 aliphatic rings. The molecule has 1 aromatic rings. The van der Waals surface area contributed by atoms with Crippen molar-refractivity contribution in [2.24, 2.45) is 0 Å². The van der Waals surface area contributed by atoms with E-state index in [4.69, 9.17) is 5.73 Å². The largest absolute Gasteiger partial charge is 0.390 e. The molecule has 1 aliphatic heterocycles. The van der Waals surface area contributed by atoms with Crippen molar-refractivity contribution in [3.8, 4) is 0 Å². The summed E-state index contributed by atoms with van der Waals surface area (Å²) in [5.41, 5.74) is 5.59. The summed E-state index contributed by atoms with van der Waals surface area (Å²) < 4.78 is 0.